The number of hydrogen-bond acceptors (Lipinski definition) is 4. The van der Waals surface area contributed by atoms with Crippen LogP contribution in [-0.4, -0.2) is 18.0 Å². The lowest BCUT2D eigenvalue weighted by molar-refractivity contribution is 0.100. The lowest BCUT2D eigenvalue weighted by Crippen LogP contribution is -2.12. The molecule has 2 aromatic carbocycles. The molecule has 0 aliphatic rings. The number of nitrogens with zero attached hydrogens (tertiary/aromatic N) is 1. The molecule has 0 fully saturated rings. The Morgan fingerprint density at radius 2 is 2.18 bits per heavy atom. The number of carbonyl (C=O) groups excluding carboxylic acids is 1. The van der Waals surface area contributed by atoms with Crippen LogP contribution in [0.3, 0.4) is 0 Å². The van der Waals surface area contributed by atoms with E-state index in [-0.39, 0.29) is 0 Å². The van der Waals surface area contributed by atoms with Crippen molar-refractivity contribution in [2.75, 3.05) is 7.11 Å². The molecule has 1 heterocycles. The van der Waals surface area contributed by atoms with Crippen molar-refractivity contribution >= 4 is 5.91 Å². The van der Waals surface area contributed by atoms with Crippen molar-refractivity contribution in [3.8, 4) is 28.2 Å². The third kappa shape index (κ3) is 2.44. The predicted octanol–water partition coefficient (Wildman–Crippen LogP) is 2.92. The maximum Gasteiger partial charge on any atom is 0.249 e. The summed E-state index contributed by atoms with van der Waals surface area (Å²) in [5.41, 5.74) is 8.10. The summed E-state index contributed by atoms with van der Waals surface area (Å²) < 4.78 is 10.7. The summed E-state index contributed by atoms with van der Waals surface area (Å²) >= 11 is 0. The Bertz CT molecular complexity index is 811. The van der Waals surface area contributed by atoms with E-state index in [0.717, 1.165) is 11.1 Å². The van der Waals surface area contributed by atoms with E-state index >= 15 is 0 Å². The van der Waals surface area contributed by atoms with Crippen LogP contribution in [0.15, 0.2) is 53.4 Å². The second-order valence-electron chi connectivity index (χ2n) is 4.62. The number of aromatic nitrogens is 1. The molecule has 5 heteroatoms. The fourth-order valence-corrected chi connectivity index (χ4v) is 2.30. The predicted molar refractivity (Wildman–Crippen MR) is 81.3 cm³/mol. The topological polar surface area (TPSA) is 78.3 Å². The third-order valence-electron chi connectivity index (χ3n) is 3.34. The van der Waals surface area contributed by atoms with Gasteiger partial charge in [0.2, 0.25) is 5.91 Å². The molecule has 0 unspecified atom stereocenters. The quantitative estimate of drug-likeness (QED) is 0.802. The van der Waals surface area contributed by atoms with E-state index in [2.05, 4.69) is 11.1 Å². The van der Waals surface area contributed by atoms with E-state index in [9.17, 15) is 4.79 Å². The average Bonchev–Trinajstić information content (AvgIpc) is 3.08. The Hall–Kier alpha value is -3.08. The van der Waals surface area contributed by atoms with Gasteiger partial charge in [-0.05, 0) is 35.9 Å². The van der Waals surface area contributed by atoms with Crippen molar-refractivity contribution in [2.45, 2.75) is 0 Å². The van der Waals surface area contributed by atoms with Crippen molar-refractivity contribution in [3.63, 3.8) is 0 Å². The van der Waals surface area contributed by atoms with Crippen molar-refractivity contribution < 1.29 is 13.9 Å². The molecule has 2 N–H and O–H groups in total. The smallest absolute Gasteiger partial charge is 0.249 e. The van der Waals surface area contributed by atoms with Crippen LogP contribution < -0.4 is 10.5 Å². The number of primary amides is 1. The maximum absolute atomic E-state index is 11.6. The monoisotopic (exact) mass is 293 g/mol. The number of nitrogens with two attached hydrogens (primary N) is 1. The Labute approximate surface area is 127 Å². The van der Waals surface area contributed by atoms with Gasteiger partial charge >= 0.3 is 0 Å². The van der Waals surface area contributed by atoms with E-state index in [4.69, 9.17) is 14.9 Å². The molecule has 5 nitrogen and oxygen atoms in total. The highest BCUT2D eigenvalue weighted by Gasteiger charge is 2.15. The van der Waals surface area contributed by atoms with Gasteiger partial charge in [-0.1, -0.05) is 12.1 Å². The SMILES string of the molecule is COc1ccc(-c2cnco2)cc1-c1cc[c]cc1C(N)=O. The van der Waals surface area contributed by atoms with Gasteiger partial charge < -0.3 is 14.9 Å². The minimum atomic E-state index is -0.515. The highest BCUT2D eigenvalue weighted by Crippen LogP contribution is 2.35. The van der Waals surface area contributed by atoms with Gasteiger partial charge in [-0.25, -0.2) is 4.98 Å². The number of benzene rings is 2. The van der Waals surface area contributed by atoms with Crippen molar-refractivity contribution in [1.82, 2.24) is 4.98 Å². The van der Waals surface area contributed by atoms with Crippen LogP contribution in [0.1, 0.15) is 10.4 Å². The van der Waals surface area contributed by atoms with E-state index in [1.54, 1.807) is 31.5 Å². The van der Waals surface area contributed by atoms with Crippen molar-refractivity contribution in [3.05, 3.63) is 60.6 Å². The first-order valence-electron chi connectivity index (χ1n) is 6.58. The molecule has 1 amide bonds. The molecule has 0 saturated carbocycles. The van der Waals surface area contributed by atoms with Gasteiger partial charge in [0.15, 0.2) is 12.2 Å². The number of hydrogen-bond donors (Lipinski definition) is 1. The van der Waals surface area contributed by atoms with Crippen LogP contribution in [0.25, 0.3) is 22.5 Å². The van der Waals surface area contributed by atoms with Gasteiger partial charge in [-0.15, -0.1) is 0 Å². The molecule has 3 aromatic rings. The number of carbonyl (C=O) groups is 1. The number of rotatable bonds is 4. The molecular formula is C17H13N2O3. The molecular weight excluding hydrogens is 280 g/mol. The third-order valence-corrected chi connectivity index (χ3v) is 3.34. The Morgan fingerprint density at radius 1 is 1.32 bits per heavy atom. The number of amides is 1. The van der Waals surface area contributed by atoms with E-state index in [1.807, 2.05) is 18.2 Å². The Balaban J connectivity index is 2.21. The second kappa shape index (κ2) is 5.73. The lowest BCUT2D eigenvalue weighted by Gasteiger charge is -2.12. The highest BCUT2D eigenvalue weighted by atomic mass is 16.5. The summed E-state index contributed by atoms with van der Waals surface area (Å²) in [5.74, 6) is 0.753. The van der Waals surface area contributed by atoms with Crippen LogP contribution >= 0.6 is 0 Å². The maximum atomic E-state index is 11.6. The average molecular weight is 293 g/mol. The minimum absolute atomic E-state index is 0.385. The van der Waals surface area contributed by atoms with Crippen LogP contribution in [0.2, 0.25) is 0 Å². The molecule has 0 bridgehead atoms. The molecule has 0 atom stereocenters. The second-order valence-corrected chi connectivity index (χ2v) is 4.62. The molecule has 0 spiro atoms. The van der Waals surface area contributed by atoms with Crippen LogP contribution in [0, 0.1) is 6.07 Å². The summed E-state index contributed by atoms with van der Waals surface area (Å²) in [6.07, 6.45) is 2.99. The van der Waals surface area contributed by atoms with Crippen LogP contribution in [0.4, 0.5) is 0 Å². The molecule has 1 aromatic heterocycles. The number of oxazole rings is 1. The first-order valence-corrected chi connectivity index (χ1v) is 6.58. The zero-order valence-electron chi connectivity index (χ0n) is 11.9. The summed E-state index contributed by atoms with van der Waals surface area (Å²) in [6.45, 7) is 0. The van der Waals surface area contributed by atoms with Gasteiger partial charge in [0.25, 0.3) is 0 Å². The minimum Gasteiger partial charge on any atom is -0.496 e. The Morgan fingerprint density at radius 3 is 2.86 bits per heavy atom. The summed E-state index contributed by atoms with van der Waals surface area (Å²) in [7, 11) is 1.58. The van der Waals surface area contributed by atoms with E-state index in [0.29, 0.717) is 22.6 Å². The molecule has 0 aliphatic carbocycles. The van der Waals surface area contributed by atoms with Crippen molar-refractivity contribution in [1.29, 1.82) is 0 Å². The highest BCUT2D eigenvalue weighted by molar-refractivity contribution is 6.00. The van der Waals surface area contributed by atoms with E-state index < -0.39 is 5.91 Å². The summed E-state index contributed by atoms with van der Waals surface area (Å²) in [6, 6.07) is 13.5. The van der Waals surface area contributed by atoms with Gasteiger partial charge in [-0.3, -0.25) is 4.79 Å². The zero-order valence-corrected chi connectivity index (χ0v) is 11.9. The van der Waals surface area contributed by atoms with Crippen molar-refractivity contribution in [2.24, 2.45) is 5.73 Å². The first-order chi connectivity index (χ1) is 10.7. The summed E-state index contributed by atoms with van der Waals surface area (Å²) in [5, 5.41) is 0. The van der Waals surface area contributed by atoms with E-state index in [1.165, 1.54) is 6.39 Å². The number of ether oxygens (including phenoxy) is 1. The molecule has 1 radical (unpaired) electrons. The van der Waals surface area contributed by atoms with Gasteiger partial charge in [0.1, 0.15) is 5.75 Å². The van der Waals surface area contributed by atoms with Gasteiger partial charge in [0, 0.05) is 16.7 Å². The fourth-order valence-electron chi connectivity index (χ4n) is 2.30. The zero-order chi connectivity index (χ0) is 15.5. The fraction of sp³-hybridized carbons (Fsp3) is 0.0588. The van der Waals surface area contributed by atoms with Gasteiger partial charge in [0.05, 0.1) is 13.3 Å². The molecule has 0 aliphatic heterocycles. The normalized spacial score (nSPS) is 10.4. The Kier molecular flexibility index (Phi) is 3.62. The van der Waals surface area contributed by atoms with Crippen LogP contribution in [-0.2, 0) is 0 Å². The van der Waals surface area contributed by atoms with Gasteiger partial charge in [-0.2, -0.15) is 0 Å². The standard InChI is InChI=1S/C17H13N2O3/c1-21-15-7-6-11(16-9-19-10-22-16)8-14(15)12-4-2-3-5-13(12)17(18)20/h2,4-10H,1H3,(H2,18,20). The molecule has 3 rings (SSSR count). The lowest BCUT2D eigenvalue weighted by atomic mass is 9.96. The first kappa shape index (κ1) is 13.9. The largest absolute Gasteiger partial charge is 0.496 e. The molecule has 0 saturated heterocycles. The molecule has 22 heavy (non-hydrogen) atoms. The van der Waals surface area contributed by atoms with Crippen LogP contribution in [0.5, 0.6) is 5.75 Å². The molecule has 109 valence electrons. The number of methoxy groups -OCH3 is 1. The summed E-state index contributed by atoms with van der Waals surface area (Å²) in [4.78, 5) is 15.6.